The first-order chi connectivity index (χ1) is 14.3. The molecule has 1 aromatic heterocycles. The maximum Gasteiger partial charge on any atom is 0.374 e. The third-order valence-corrected chi connectivity index (χ3v) is 5.65. The Kier molecular flexibility index (Phi) is 5.11. The Hall–Kier alpha value is -3.13. The van der Waals surface area contributed by atoms with Crippen molar-refractivity contribution >= 4 is 44.8 Å². The number of fused-ring (bicyclic) bond motifs is 1. The molecule has 0 saturated carbocycles. The molecule has 1 atom stereocenters. The second-order valence-electron chi connectivity index (χ2n) is 7.08. The Morgan fingerprint density at radius 2 is 1.93 bits per heavy atom. The lowest BCUT2D eigenvalue weighted by molar-refractivity contribution is -0.131. The van der Waals surface area contributed by atoms with Crippen molar-refractivity contribution in [2.24, 2.45) is 0 Å². The zero-order valence-corrected chi connectivity index (χ0v) is 18.0. The smallest absolute Gasteiger partial charge is 0.374 e. The Balaban J connectivity index is 1.76. The van der Waals surface area contributed by atoms with Crippen LogP contribution in [0.3, 0.4) is 0 Å². The van der Waals surface area contributed by atoms with E-state index in [9.17, 15) is 14.4 Å². The summed E-state index contributed by atoms with van der Waals surface area (Å²) < 4.78 is 11.6. The molecule has 1 saturated heterocycles. The van der Waals surface area contributed by atoms with E-state index in [4.69, 9.17) is 9.15 Å². The summed E-state index contributed by atoms with van der Waals surface area (Å²) in [4.78, 5) is 39.6. The molecule has 1 unspecified atom stereocenters. The largest absolute Gasteiger partial charge is 0.460 e. The molecule has 7 nitrogen and oxygen atoms in total. The minimum Gasteiger partial charge on any atom is -0.460 e. The highest BCUT2D eigenvalue weighted by atomic mass is 79.9. The van der Waals surface area contributed by atoms with E-state index < -0.39 is 23.4 Å². The molecule has 1 aliphatic heterocycles. The Bertz CT molecular complexity index is 1160. The van der Waals surface area contributed by atoms with E-state index in [1.165, 1.54) is 0 Å². The molecule has 154 valence electrons. The van der Waals surface area contributed by atoms with Crippen molar-refractivity contribution in [1.29, 1.82) is 0 Å². The molecule has 0 bridgehead atoms. The fraction of sp³-hybridized carbons (Fsp3) is 0.227. The summed E-state index contributed by atoms with van der Waals surface area (Å²) in [5.41, 5.74) is 0.374. The fourth-order valence-electron chi connectivity index (χ4n) is 3.61. The van der Waals surface area contributed by atoms with E-state index in [-0.39, 0.29) is 18.9 Å². The molecular formula is C22H19BrN2O5. The zero-order chi connectivity index (χ0) is 21.5. The standard InChI is InChI=1S/C22H19BrN2O5/c1-3-29-19(26)18-16(15-11-14(23)9-10-17(15)30-18)12-25-20(27)22(2,24-21(25)28)13-7-5-4-6-8-13/h4-11H,3,12H2,1-2H3,(H,24,28). The van der Waals surface area contributed by atoms with E-state index >= 15 is 0 Å². The average molecular weight is 471 g/mol. The van der Waals surface area contributed by atoms with Crippen LogP contribution >= 0.6 is 15.9 Å². The molecule has 4 rings (SSSR count). The van der Waals surface area contributed by atoms with Crippen molar-refractivity contribution < 1.29 is 23.5 Å². The van der Waals surface area contributed by atoms with Crippen LogP contribution in [-0.2, 0) is 21.6 Å². The lowest BCUT2D eigenvalue weighted by Crippen LogP contribution is -2.40. The Morgan fingerprint density at radius 3 is 2.63 bits per heavy atom. The van der Waals surface area contributed by atoms with Gasteiger partial charge in [0.15, 0.2) is 0 Å². The molecule has 1 fully saturated rings. The van der Waals surface area contributed by atoms with Crippen LogP contribution in [0.4, 0.5) is 4.79 Å². The van der Waals surface area contributed by atoms with Gasteiger partial charge in [0, 0.05) is 15.4 Å². The van der Waals surface area contributed by atoms with Crippen LogP contribution in [0.1, 0.15) is 35.5 Å². The molecule has 0 aliphatic carbocycles. The van der Waals surface area contributed by atoms with Gasteiger partial charge in [0.25, 0.3) is 5.91 Å². The topological polar surface area (TPSA) is 88.8 Å². The molecule has 1 N–H and O–H groups in total. The highest BCUT2D eigenvalue weighted by Gasteiger charge is 2.49. The predicted molar refractivity (Wildman–Crippen MR) is 113 cm³/mol. The predicted octanol–water partition coefficient (Wildman–Crippen LogP) is 4.34. The van der Waals surface area contributed by atoms with Crippen LogP contribution < -0.4 is 5.32 Å². The van der Waals surface area contributed by atoms with E-state index in [1.807, 2.05) is 18.2 Å². The van der Waals surface area contributed by atoms with Gasteiger partial charge in [-0.1, -0.05) is 46.3 Å². The number of nitrogens with zero attached hydrogens (tertiary/aromatic N) is 1. The van der Waals surface area contributed by atoms with Crippen molar-refractivity contribution in [2.75, 3.05) is 6.61 Å². The minimum absolute atomic E-state index is 0.0149. The van der Waals surface area contributed by atoms with E-state index in [0.717, 1.165) is 9.37 Å². The van der Waals surface area contributed by atoms with Crippen LogP contribution in [0.15, 0.2) is 57.4 Å². The summed E-state index contributed by atoms with van der Waals surface area (Å²) in [6.45, 7) is 3.41. The van der Waals surface area contributed by atoms with Crippen molar-refractivity contribution in [2.45, 2.75) is 25.9 Å². The number of halogens is 1. The fourth-order valence-corrected chi connectivity index (χ4v) is 3.97. The summed E-state index contributed by atoms with van der Waals surface area (Å²) >= 11 is 3.41. The summed E-state index contributed by atoms with van der Waals surface area (Å²) in [6, 6.07) is 13.8. The number of esters is 1. The average Bonchev–Trinajstić information content (AvgIpc) is 3.19. The highest BCUT2D eigenvalue weighted by Crippen LogP contribution is 2.34. The summed E-state index contributed by atoms with van der Waals surface area (Å²) in [5, 5.41) is 3.40. The minimum atomic E-state index is -1.19. The first-order valence-corrected chi connectivity index (χ1v) is 10.2. The summed E-state index contributed by atoms with van der Waals surface area (Å²) in [7, 11) is 0. The van der Waals surface area contributed by atoms with Gasteiger partial charge in [0.2, 0.25) is 5.76 Å². The number of rotatable bonds is 5. The van der Waals surface area contributed by atoms with Crippen molar-refractivity contribution in [3.63, 3.8) is 0 Å². The number of nitrogens with one attached hydrogen (secondary N) is 1. The quantitative estimate of drug-likeness (QED) is 0.442. The number of ether oxygens (including phenoxy) is 1. The van der Waals surface area contributed by atoms with Gasteiger partial charge in [-0.05, 0) is 37.6 Å². The highest BCUT2D eigenvalue weighted by molar-refractivity contribution is 9.10. The zero-order valence-electron chi connectivity index (χ0n) is 16.4. The molecule has 8 heteroatoms. The van der Waals surface area contributed by atoms with Crippen LogP contribution in [0.2, 0.25) is 0 Å². The number of imide groups is 1. The molecule has 3 amide bonds. The van der Waals surface area contributed by atoms with E-state index in [2.05, 4.69) is 21.2 Å². The number of carbonyl (C=O) groups excluding carboxylic acids is 3. The second-order valence-corrected chi connectivity index (χ2v) is 8.00. The van der Waals surface area contributed by atoms with E-state index in [0.29, 0.717) is 22.1 Å². The van der Waals surface area contributed by atoms with Crippen LogP contribution in [0.5, 0.6) is 0 Å². The van der Waals surface area contributed by atoms with Crippen molar-refractivity contribution in [1.82, 2.24) is 10.2 Å². The SMILES string of the molecule is CCOC(=O)c1oc2ccc(Br)cc2c1CN1C(=O)NC(C)(c2ccccc2)C1=O. The summed E-state index contributed by atoms with van der Waals surface area (Å²) in [6.07, 6.45) is 0. The van der Waals surface area contributed by atoms with Gasteiger partial charge in [0.1, 0.15) is 11.1 Å². The first kappa shape index (κ1) is 20.2. The second kappa shape index (κ2) is 7.60. The molecular weight excluding hydrogens is 452 g/mol. The third-order valence-electron chi connectivity index (χ3n) is 5.16. The molecule has 2 aromatic carbocycles. The number of urea groups is 1. The molecule has 3 aromatic rings. The molecule has 0 spiro atoms. The van der Waals surface area contributed by atoms with Gasteiger partial charge < -0.3 is 14.5 Å². The number of hydrogen-bond acceptors (Lipinski definition) is 5. The van der Waals surface area contributed by atoms with Gasteiger partial charge in [-0.2, -0.15) is 0 Å². The lowest BCUT2D eigenvalue weighted by atomic mass is 9.92. The number of furan rings is 1. The monoisotopic (exact) mass is 470 g/mol. The maximum atomic E-state index is 13.3. The van der Waals surface area contributed by atoms with E-state index in [1.54, 1.807) is 44.2 Å². The molecule has 1 aliphatic rings. The van der Waals surface area contributed by atoms with Gasteiger partial charge in [-0.15, -0.1) is 0 Å². The van der Waals surface area contributed by atoms with Gasteiger partial charge >= 0.3 is 12.0 Å². The van der Waals surface area contributed by atoms with Crippen LogP contribution in [0.25, 0.3) is 11.0 Å². The maximum absolute atomic E-state index is 13.3. The number of carbonyl (C=O) groups is 3. The number of hydrogen-bond donors (Lipinski definition) is 1. The third kappa shape index (κ3) is 3.27. The molecule has 2 heterocycles. The normalized spacial score (nSPS) is 18.7. The number of benzene rings is 2. The van der Waals surface area contributed by atoms with Crippen LogP contribution in [0, 0.1) is 0 Å². The van der Waals surface area contributed by atoms with Crippen LogP contribution in [-0.4, -0.2) is 29.4 Å². The Labute approximate surface area is 181 Å². The van der Waals surface area contributed by atoms with Crippen molar-refractivity contribution in [3.05, 3.63) is 69.9 Å². The molecule has 0 radical (unpaired) electrons. The van der Waals surface area contributed by atoms with Crippen molar-refractivity contribution in [3.8, 4) is 0 Å². The lowest BCUT2D eigenvalue weighted by Gasteiger charge is -2.22. The van der Waals surface area contributed by atoms with Gasteiger partial charge in [-0.25, -0.2) is 9.59 Å². The summed E-state index contributed by atoms with van der Waals surface area (Å²) in [5.74, 6) is -1.06. The Morgan fingerprint density at radius 1 is 1.20 bits per heavy atom. The van der Waals surface area contributed by atoms with Gasteiger partial charge in [0.05, 0.1) is 13.2 Å². The first-order valence-electron chi connectivity index (χ1n) is 9.43. The molecule has 30 heavy (non-hydrogen) atoms. The number of amides is 3. The van der Waals surface area contributed by atoms with Gasteiger partial charge in [-0.3, -0.25) is 9.69 Å².